The molecular formula is C10H23NO. The first-order valence-corrected chi connectivity index (χ1v) is 4.93. The molecule has 1 fully saturated rings. The number of hydrogen-bond donors (Lipinski definition) is 1. The Morgan fingerprint density at radius 2 is 2.08 bits per heavy atom. The van der Waals surface area contributed by atoms with E-state index in [9.17, 15) is 5.11 Å². The fraction of sp³-hybridized carbons (Fsp3) is 1.00. The van der Waals surface area contributed by atoms with Gasteiger partial charge in [-0.25, -0.2) is 0 Å². The Kier molecular flexibility index (Phi) is 3.13. The average Bonchev–Trinajstić information content (AvgIpc) is 2.03. The van der Waals surface area contributed by atoms with Crippen LogP contribution in [0, 0.1) is 0 Å². The highest BCUT2D eigenvalue weighted by Crippen LogP contribution is 2.24. The lowest BCUT2D eigenvalue weighted by atomic mass is 9.95. The van der Waals surface area contributed by atoms with Crippen molar-refractivity contribution in [2.24, 2.45) is 0 Å². The van der Waals surface area contributed by atoms with Crippen molar-refractivity contribution in [3.8, 4) is 0 Å². The van der Waals surface area contributed by atoms with Crippen LogP contribution in [0.1, 0.15) is 41.5 Å². The van der Waals surface area contributed by atoms with Crippen molar-refractivity contribution in [3.05, 3.63) is 0 Å². The van der Waals surface area contributed by atoms with Crippen LogP contribution in [-0.4, -0.2) is 34.7 Å². The number of aliphatic hydroxyl groups is 1. The monoisotopic (exact) mass is 174 g/mol. The van der Waals surface area contributed by atoms with Crippen LogP contribution in [0.4, 0.5) is 0 Å². The Labute approximate surface area is 77.1 Å². The summed E-state index contributed by atoms with van der Waals surface area (Å²) in [5.41, 5.74) is 0.216. The first-order valence-electron chi connectivity index (χ1n) is 4.93. The summed E-state index contributed by atoms with van der Waals surface area (Å²) < 4.78 is 0. The molecule has 0 bridgehead atoms. The zero-order valence-corrected chi connectivity index (χ0v) is 8.51. The zero-order valence-electron chi connectivity index (χ0n) is 8.51. The third kappa shape index (κ3) is 2.20. The minimum absolute atomic E-state index is 0. The zero-order chi connectivity index (χ0) is 9.19. The maximum atomic E-state index is 9.18. The van der Waals surface area contributed by atoms with Gasteiger partial charge in [0.15, 0.2) is 0 Å². The van der Waals surface area contributed by atoms with Gasteiger partial charge in [0, 0.05) is 13.0 Å². The van der Waals surface area contributed by atoms with Crippen LogP contribution in [0.2, 0.25) is 0 Å². The fourth-order valence-corrected chi connectivity index (χ4v) is 2.07. The normalized spacial score (nSPS) is 27.5. The van der Waals surface area contributed by atoms with Crippen molar-refractivity contribution in [2.45, 2.75) is 51.6 Å². The quantitative estimate of drug-likeness (QED) is 0.656. The molecular weight excluding hydrogens is 150 g/mol. The fourth-order valence-electron chi connectivity index (χ4n) is 2.07. The summed E-state index contributed by atoms with van der Waals surface area (Å²) in [6.07, 6.45) is 3.72. The second-order valence-corrected chi connectivity index (χ2v) is 4.70. The van der Waals surface area contributed by atoms with Crippen LogP contribution in [-0.2, 0) is 0 Å². The molecule has 2 nitrogen and oxygen atoms in total. The maximum Gasteiger partial charge on any atom is 0.0587 e. The Morgan fingerprint density at radius 1 is 1.42 bits per heavy atom. The summed E-state index contributed by atoms with van der Waals surface area (Å²) in [4.78, 5) is 2.43. The minimum Gasteiger partial charge on any atom is -0.395 e. The second-order valence-electron chi connectivity index (χ2n) is 4.70. The van der Waals surface area contributed by atoms with Crippen LogP contribution in [0.5, 0.6) is 0 Å². The van der Waals surface area contributed by atoms with Gasteiger partial charge in [0.2, 0.25) is 0 Å². The molecule has 0 aromatic rings. The molecule has 0 aromatic carbocycles. The van der Waals surface area contributed by atoms with Gasteiger partial charge in [-0.1, -0.05) is 6.42 Å². The van der Waals surface area contributed by atoms with Crippen molar-refractivity contribution in [2.75, 3.05) is 13.2 Å². The summed E-state index contributed by atoms with van der Waals surface area (Å²) in [5.74, 6) is 0. The van der Waals surface area contributed by atoms with Crippen LogP contribution < -0.4 is 0 Å². The number of aliphatic hydroxyl groups excluding tert-OH is 1. The van der Waals surface area contributed by atoms with Crippen LogP contribution in [0.15, 0.2) is 0 Å². The lowest BCUT2D eigenvalue weighted by Crippen LogP contribution is -2.52. The molecule has 0 aromatic heterocycles. The summed E-state index contributed by atoms with van der Waals surface area (Å²) in [5, 5.41) is 9.18. The molecule has 1 N–H and O–H groups in total. The first-order chi connectivity index (χ1) is 5.55. The number of nitrogens with zero attached hydrogens (tertiary/aromatic N) is 1. The Balaban J connectivity index is 0.00000144. The molecule has 0 amide bonds. The van der Waals surface area contributed by atoms with E-state index in [0.717, 1.165) is 13.0 Å². The smallest absolute Gasteiger partial charge is 0.0587 e. The second kappa shape index (κ2) is 3.75. The summed E-state index contributed by atoms with van der Waals surface area (Å²) >= 11 is 0. The Morgan fingerprint density at radius 3 is 2.50 bits per heavy atom. The summed E-state index contributed by atoms with van der Waals surface area (Å²) in [6.45, 7) is 8.13. The molecule has 1 saturated heterocycles. The van der Waals surface area contributed by atoms with E-state index in [1.165, 1.54) is 12.8 Å². The number of hydrogen-bond acceptors (Lipinski definition) is 2. The van der Waals surface area contributed by atoms with E-state index in [1.54, 1.807) is 0 Å². The molecule has 12 heavy (non-hydrogen) atoms. The molecule has 0 saturated carbocycles. The number of likely N-dealkylation sites (tertiary alicyclic amines) is 1. The van der Waals surface area contributed by atoms with Crippen LogP contribution in [0.25, 0.3) is 0 Å². The topological polar surface area (TPSA) is 23.5 Å². The van der Waals surface area contributed by atoms with E-state index in [4.69, 9.17) is 0 Å². The van der Waals surface area contributed by atoms with Gasteiger partial charge in [0.25, 0.3) is 0 Å². The van der Waals surface area contributed by atoms with Gasteiger partial charge < -0.3 is 5.11 Å². The highest BCUT2D eigenvalue weighted by Gasteiger charge is 2.30. The molecule has 0 spiro atoms. The summed E-state index contributed by atoms with van der Waals surface area (Å²) in [6, 6.07) is 0.402. The molecule has 1 rings (SSSR count). The lowest BCUT2D eigenvalue weighted by Gasteiger charge is -2.43. The Hall–Kier alpha value is -0.0800. The van der Waals surface area contributed by atoms with E-state index < -0.39 is 0 Å². The van der Waals surface area contributed by atoms with Gasteiger partial charge in [-0.2, -0.15) is 0 Å². The van der Waals surface area contributed by atoms with Crippen molar-refractivity contribution in [1.82, 2.24) is 4.90 Å². The van der Waals surface area contributed by atoms with Gasteiger partial charge >= 0.3 is 0 Å². The first kappa shape index (κ1) is 10.0. The number of piperidine rings is 1. The van der Waals surface area contributed by atoms with Gasteiger partial charge in [0.05, 0.1) is 6.61 Å². The van der Waals surface area contributed by atoms with Gasteiger partial charge in [0.1, 0.15) is 0 Å². The molecule has 0 aliphatic carbocycles. The number of rotatable bonds is 1. The van der Waals surface area contributed by atoms with Crippen LogP contribution >= 0.6 is 0 Å². The molecule has 2 heteroatoms. The van der Waals surface area contributed by atoms with Crippen molar-refractivity contribution >= 4 is 0 Å². The van der Waals surface area contributed by atoms with Gasteiger partial charge in [-0.05, 0) is 40.2 Å². The molecule has 1 atom stereocenters. The summed E-state index contributed by atoms with van der Waals surface area (Å²) in [7, 11) is 0. The molecule has 1 aliphatic heterocycles. The molecule has 1 heterocycles. The third-order valence-corrected chi connectivity index (χ3v) is 2.70. The third-order valence-electron chi connectivity index (χ3n) is 2.70. The van der Waals surface area contributed by atoms with Crippen LogP contribution in [0.3, 0.4) is 0 Å². The minimum atomic E-state index is 0. The predicted molar refractivity (Wildman–Crippen MR) is 53.3 cm³/mol. The van der Waals surface area contributed by atoms with Crippen molar-refractivity contribution in [3.63, 3.8) is 0 Å². The standard InChI is InChI=1S/C10H21NO.H2/c1-10(2,3)11-7-5-4-6-9(11)8-12;/h9,12H,4-8H2,1-3H3;1H/t9-;/m0./s1/i;1+1. The van der Waals surface area contributed by atoms with Crippen molar-refractivity contribution < 1.29 is 6.53 Å². The van der Waals surface area contributed by atoms with E-state index in [0.29, 0.717) is 12.6 Å². The van der Waals surface area contributed by atoms with E-state index in [-0.39, 0.29) is 6.97 Å². The highest BCUT2D eigenvalue weighted by atomic mass is 16.3. The SMILES string of the molecule is CC(C)(C)N1CCCC[C@H]1CO.[2HH]. The maximum absolute atomic E-state index is 9.18. The predicted octanol–water partition coefficient (Wildman–Crippen LogP) is 1.88. The van der Waals surface area contributed by atoms with Crippen molar-refractivity contribution in [1.29, 1.82) is 0 Å². The highest BCUT2D eigenvalue weighted by molar-refractivity contribution is 4.85. The lowest BCUT2D eigenvalue weighted by molar-refractivity contribution is 0.0203. The van der Waals surface area contributed by atoms with E-state index in [1.807, 2.05) is 0 Å². The molecule has 0 unspecified atom stereocenters. The van der Waals surface area contributed by atoms with Gasteiger partial charge in [-0.15, -0.1) is 0 Å². The van der Waals surface area contributed by atoms with Gasteiger partial charge in [-0.3, -0.25) is 4.90 Å². The Bertz CT molecular complexity index is 144. The van der Waals surface area contributed by atoms with E-state index in [2.05, 4.69) is 25.7 Å². The largest absolute Gasteiger partial charge is 0.395 e. The average molecular weight is 174 g/mol. The molecule has 1 aliphatic rings. The molecule has 74 valence electrons. The van der Waals surface area contributed by atoms with E-state index >= 15 is 0 Å². The molecule has 0 radical (unpaired) electrons.